The molecule has 1 aliphatic rings. The van der Waals surface area contributed by atoms with E-state index < -0.39 is 0 Å². The van der Waals surface area contributed by atoms with Gasteiger partial charge in [-0.1, -0.05) is 303 Å². The summed E-state index contributed by atoms with van der Waals surface area (Å²) in [5.41, 5.74) is 24.6. The van der Waals surface area contributed by atoms with E-state index in [2.05, 4.69) is 414 Å². The maximum absolute atomic E-state index is 5.48. The van der Waals surface area contributed by atoms with Crippen molar-refractivity contribution in [3.05, 3.63) is 417 Å². The van der Waals surface area contributed by atoms with Crippen molar-refractivity contribution in [2.45, 2.75) is 5.92 Å². The van der Waals surface area contributed by atoms with Crippen LogP contribution in [0.3, 0.4) is 0 Å². The molecule has 24 aromatic rings. The van der Waals surface area contributed by atoms with Crippen molar-refractivity contribution in [1.82, 2.24) is 43.6 Å². The molecule has 7 aromatic heterocycles. The highest BCUT2D eigenvalue weighted by atomic mass is 32.1. The molecule has 17 aromatic carbocycles. The number of aromatic nitrogens is 9. The normalized spacial score (nSPS) is 12.6. The van der Waals surface area contributed by atoms with Crippen LogP contribution in [-0.2, 0) is 0 Å². The van der Waals surface area contributed by atoms with Crippen LogP contribution in [-0.4, -0.2) is 43.6 Å². The van der Waals surface area contributed by atoms with Crippen molar-refractivity contribution >= 4 is 128 Å². The number of hydrogen-bond donors (Lipinski definition) is 0. The van der Waals surface area contributed by atoms with Crippen LogP contribution in [0.25, 0.3) is 213 Å². The molecule has 0 bridgehead atoms. The smallest absolute Gasteiger partial charge is 0.238 e. The quantitative estimate of drug-likeness (QED) is 0.128. The van der Waals surface area contributed by atoms with Crippen molar-refractivity contribution in [2.24, 2.45) is 0 Å². The van der Waals surface area contributed by atoms with Gasteiger partial charge in [0.05, 0.1) is 39.0 Å². The Bertz CT molecular complexity index is 8250. The fourth-order valence-corrected chi connectivity index (χ4v) is 20.6. The molecule has 25 rings (SSSR count). The van der Waals surface area contributed by atoms with E-state index in [0.29, 0.717) is 29.4 Å². The van der Waals surface area contributed by atoms with E-state index in [1.165, 1.54) is 112 Å². The molecule has 0 fully saturated rings. The lowest BCUT2D eigenvalue weighted by atomic mass is 9.94. The van der Waals surface area contributed by atoms with E-state index in [1.54, 1.807) is 11.3 Å². The highest BCUT2D eigenvalue weighted by Crippen LogP contribution is 2.50. The van der Waals surface area contributed by atoms with Crippen LogP contribution in [0.1, 0.15) is 22.9 Å². The molecular weight excluding hydrogens is 1500 g/mol. The van der Waals surface area contributed by atoms with Gasteiger partial charge >= 0.3 is 0 Å². The lowest BCUT2D eigenvalue weighted by Gasteiger charge is -2.16. The standard InChI is InChI=1S/C57H35N5S.C52H32N4S/c1-3-14-36(15-4-1)38-27-30-51-47(33-38)43-20-7-10-23-49(43)61(51)42-19-13-18-40(32-42)55-58-56(41-26-29-46-45-22-9-12-25-53(45)63-54(46)35-41)60-57(59-55)62-50-24-11-8-21-44(50)48-34-39(28-31-52(48)62)37-16-5-2-6-17-37;1-3-13-32(14-4-1)34-23-27-42-43(29-34)37-17-7-8-20-41(37)49(42)51-53-50(36-24-26-40-39-19-10-12-22-47(39)57-48(40)31-36)54-52(55-51)56-45-21-11-9-18-38(45)44-30-35(25-28-46(44)56)33-15-5-2-6-16-33/h1-35H;1-31,49H. The molecule has 0 N–H and O–H groups in total. The maximum Gasteiger partial charge on any atom is 0.238 e. The minimum Gasteiger partial charge on any atom is -0.309 e. The van der Waals surface area contributed by atoms with Crippen LogP contribution in [0.2, 0.25) is 0 Å². The average molecular weight is 1570 g/mol. The van der Waals surface area contributed by atoms with Gasteiger partial charge < -0.3 is 4.57 Å². The largest absolute Gasteiger partial charge is 0.309 e. The molecule has 0 saturated heterocycles. The Morgan fingerprint density at radius 3 is 1.04 bits per heavy atom. The zero-order chi connectivity index (χ0) is 78.9. The van der Waals surface area contributed by atoms with Crippen LogP contribution in [0.15, 0.2) is 400 Å². The van der Waals surface area contributed by atoms with E-state index in [4.69, 9.17) is 29.9 Å². The van der Waals surface area contributed by atoms with Gasteiger partial charge in [-0.15, -0.1) is 22.7 Å². The Hall–Kier alpha value is -15.4. The average Bonchev–Trinajstić information content (AvgIpc) is 1.57. The van der Waals surface area contributed by atoms with Crippen molar-refractivity contribution in [3.63, 3.8) is 0 Å². The van der Waals surface area contributed by atoms with Crippen molar-refractivity contribution in [3.8, 4) is 107 Å². The van der Waals surface area contributed by atoms with Gasteiger partial charge in [0.1, 0.15) is 5.82 Å². The van der Waals surface area contributed by atoms with Crippen molar-refractivity contribution in [2.75, 3.05) is 0 Å². The molecule has 0 amide bonds. The molecule has 0 saturated carbocycles. The summed E-state index contributed by atoms with van der Waals surface area (Å²) in [5.74, 6) is 3.62. The molecule has 11 heteroatoms. The molecule has 1 aliphatic carbocycles. The summed E-state index contributed by atoms with van der Waals surface area (Å²) < 4.78 is 11.7. The number of hydrogen-bond acceptors (Lipinski definition) is 8. The molecule has 0 radical (unpaired) electrons. The Morgan fingerprint density at radius 2 is 0.542 bits per heavy atom. The Balaban J connectivity index is 0.000000137. The van der Waals surface area contributed by atoms with Gasteiger partial charge in [-0.25, -0.2) is 9.97 Å². The van der Waals surface area contributed by atoms with Gasteiger partial charge in [0.25, 0.3) is 0 Å². The number of nitrogens with zero attached hydrogens (tertiary/aromatic N) is 9. The van der Waals surface area contributed by atoms with Gasteiger partial charge in [-0.3, -0.25) is 9.13 Å². The highest BCUT2D eigenvalue weighted by Gasteiger charge is 2.34. The first-order chi connectivity index (χ1) is 59.5. The highest BCUT2D eigenvalue weighted by molar-refractivity contribution is 7.26. The van der Waals surface area contributed by atoms with E-state index in [9.17, 15) is 0 Å². The van der Waals surface area contributed by atoms with E-state index in [-0.39, 0.29) is 5.92 Å². The van der Waals surface area contributed by atoms with Crippen molar-refractivity contribution in [1.29, 1.82) is 0 Å². The summed E-state index contributed by atoms with van der Waals surface area (Å²) >= 11 is 3.61. The van der Waals surface area contributed by atoms with Gasteiger partial charge in [0.15, 0.2) is 17.5 Å². The summed E-state index contributed by atoms with van der Waals surface area (Å²) in [6, 6.07) is 143. The first-order valence-electron chi connectivity index (χ1n) is 40.5. The summed E-state index contributed by atoms with van der Waals surface area (Å²) in [4.78, 5) is 32.3. The minimum atomic E-state index is -0.174. The summed E-state index contributed by atoms with van der Waals surface area (Å²) in [6.45, 7) is 0. The molecule has 120 heavy (non-hydrogen) atoms. The molecular formula is C109H67N9S2. The molecule has 1 atom stereocenters. The van der Waals surface area contributed by atoms with E-state index >= 15 is 0 Å². The Kier molecular flexibility index (Phi) is 16.2. The SMILES string of the molecule is c1ccc(-c2ccc3c(c2)-c2ccccc2C3c2nc(-c3ccc4c(c3)sc3ccccc34)nc(-n3c4ccccc4c4cc(-c5ccccc5)ccc43)n2)cc1.c1ccc(-c2ccc3c(c2)c2ccccc2n3-c2cccc(-c3nc(-c4ccc5c(c4)sc4ccccc45)nc(-n4c5ccccc5c5cc(-c6ccccc6)ccc54)n3)c2)cc1. The predicted molar refractivity (Wildman–Crippen MR) is 499 cm³/mol. The van der Waals surface area contributed by atoms with E-state index in [0.717, 1.165) is 88.4 Å². The third-order valence-corrected chi connectivity index (χ3v) is 26.2. The summed E-state index contributed by atoms with van der Waals surface area (Å²) in [5, 5.41) is 12.0. The first-order valence-corrected chi connectivity index (χ1v) is 42.1. The number of rotatable bonds is 11. The maximum atomic E-state index is 5.48. The minimum absolute atomic E-state index is 0.174. The summed E-state index contributed by atoms with van der Waals surface area (Å²) in [7, 11) is 0. The second kappa shape index (κ2) is 28.2. The summed E-state index contributed by atoms with van der Waals surface area (Å²) in [6.07, 6.45) is 0. The number of fused-ring (bicyclic) bond motifs is 18. The molecule has 1 unspecified atom stereocenters. The number of para-hydroxylation sites is 3. The molecule has 9 nitrogen and oxygen atoms in total. The van der Waals surface area contributed by atoms with E-state index in [1.807, 2.05) is 11.3 Å². The van der Waals surface area contributed by atoms with Crippen LogP contribution in [0, 0.1) is 0 Å². The first kappa shape index (κ1) is 69.0. The van der Waals surface area contributed by atoms with Crippen LogP contribution in [0.5, 0.6) is 0 Å². The van der Waals surface area contributed by atoms with Crippen LogP contribution >= 0.6 is 22.7 Å². The Morgan fingerprint density at radius 1 is 0.192 bits per heavy atom. The topological polar surface area (TPSA) is 92.1 Å². The van der Waals surface area contributed by atoms with Crippen molar-refractivity contribution < 1.29 is 0 Å². The Labute approximate surface area is 697 Å². The van der Waals surface area contributed by atoms with Gasteiger partial charge in [-0.2, -0.15) is 19.9 Å². The van der Waals surface area contributed by atoms with Gasteiger partial charge in [-0.05, 0) is 164 Å². The van der Waals surface area contributed by atoms with Crippen LogP contribution in [0.4, 0.5) is 0 Å². The fourth-order valence-electron chi connectivity index (χ4n) is 18.3. The predicted octanol–water partition coefficient (Wildman–Crippen LogP) is 28.6. The third kappa shape index (κ3) is 11.6. The number of benzene rings is 17. The zero-order valence-corrected chi connectivity index (χ0v) is 66.2. The molecule has 0 spiro atoms. The molecule has 7 heterocycles. The lowest BCUT2D eigenvalue weighted by Crippen LogP contribution is -2.12. The van der Waals surface area contributed by atoms with Crippen LogP contribution < -0.4 is 0 Å². The molecule has 560 valence electrons. The number of thiophene rings is 2. The lowest BCUT2D eigenvalue weighted by molar-refractivity contribution is 0.823. The van der Waals surface area contributed by atoms with Gasteiger partial charge in [0, 0.05) is 95.0 Å². The fraction of sp³-hybridized carbons (Fsp3) is 0.00917. The van der Waals surface area contributed by atoms with Gasteiger partial charge in [0.2, 0.25) is 11.9 Å². The third-order valence-electron chi connectivity index (χ3n) is 23.9. The zero-order valence-electron chi connectivity index (χ0n) is 64.5. The molecule has 0 aliphatic heterocycles. The second-order valence-corrected chi connectivity index (χ2v) is 33.0. The monoisotopic (exact) mass is 1570 g/mol. The second-order valence-electron chi connectivity index (χ2n) is 30.8.